The van der Waals surface area contributed by atoms with Gasteiger partial charge in [-0.2, -0.15) is 0 Å². The van der Waals surface area contributed by atoms with E-state index in [1.165, 1.54) is 0 Å². The minimum Gasteiger partial charge on any atom is -0.486 e. The lowest BCUT2D eigenvalue weighted by Gasteiger charge is -2.19. The molecule has 23 heavy (non-hydrogen) atoms. The zero-order chi connectivity index (χ0) is 15.8. The smallest absolute Gasteiger partial charge is 0.257 e. The van der Waals surface area contributed by atoms with Crippen molar-refractivity contribution in [3.8, 4) is 11.5 Å². The van der Waals surface area contributed by atoms with Crippen molar-refractivity contribution in [1.82, 2.24) is 10.3 Å². The van der Waals surface area contributed by atoms with E-state index in [1.54, 1.807) is 30.3 Å². The number of benzene rings is 2. The van der Waals surface area contributed by atoms with E-state index in [1.807, 2.05) is 0 Å². The highest BCUT2D eigenvalue weighted by Crippen LogP contribution is 2.35. The second kappa shape index (κ2) is 5.44. The van der Waals surface area contributed by atoms with Gasteiger partial charge in [-0.25, -0.2) is 4.63 Å². The van der Waals surface area contributed by atoms with Crippen molar-refractivity contribution in [2.45, 2.75) is 0 Å². The quantitative estimate of drug-likeness (QED) is 0.777. The number of fused-ring (bicyclic) bond motifs is 2. The third kappa shape index (κ3) is 2.44. The lowest BCUT2D eigenvalue weighted by molar-refractivity contribution is 0.102. The highest BCUT2D eigenvalue weighted by Gasteiger charge is 2.20. The van der Waals surface area contributed by atoms with Gasteiger partial charge in [-0.1, -0.05) is 17.7 Å². The molecule has 0 spiro atoms. The van der Waals surface area contributed by atoms with E-state index in [4.69, 9.17) is 21.1 Å². The Morgan fingerprint density at radius 1 is 1.13 bits per heavy atom. The van der Waals surface area contributed by atoms with E-state index >= 15 is 0 Å². The summed E-state index contributed by atoms with van der Waals surface area (Å²) < 4.78 is 15.6. The van der Waals surface area contributed by atoms with Crippen molar-refractivity contribution in [2.24, 2.45) is 0 Å². The number of carbonyl (C=O) groups is 1. The minimum atomic E-state index is -0.387. The van der Waals surface area contributed by atoms with Crippen LogP contribution in [0.1, 0.15) is 10.4 Å². The lowest BCUT2D eigenvalue weighted by atomic mass is 10.1. The second-order valence-corrected chi connectivity index (χ2v) is 5.27. The molecular formula is C15H10ClN3O4. The molecule has 0 radical (unpaired) electrons. The molecule has 1 aromatic heterocycles. The number of nitrogens with one attached hydrogen (secondary N) is 1. The average Bonchev–Trinajstić information content (AvgIpc) is 3.04. The molecule has 0 saturated heterocycles. The molecule has 0 aliphatic carbocycles. The Labute approximate surface area is 135 Å². The molecule has 3 aromatic rings. The summed E-state index contributed by atoms with van der Waals surface area (Å²) in [5.41, 5.74) is 1.79. The highest BCUT2D eigenvalue weighted by atomic mass is 35.5. The Kier molecular flexibility index (Phi) is 3.27. The first-order valence-electron chi connectivity index (χ1n) is 6.84. The van der Waals surface area contributed by atoms with Crippen molar-refractivity contribution >= 4 is 34.2 Å². The third-order valence-electron chi connectivity index (χ3n) is 3.41. The van der Waals surface area contributed by atoms with E-state index < -0.39 is 0 Å². The summed E-state index contributed by atoms with van der Waals surface area (Å²) in [5.74, 6) is 0.634. The second-order valence-electron chi connectivity index (χ2n) is 4.87. The zero-order valence-electron chi connectivity index (χ0n) is 11.7. The number of anilines is 1. The molecule has 4 rings (SSSR count). The Balaban J connectivity index is 1.68. The number of amides is 1. The molecule has 1 N–H and O–H groups in total. The summed E-state index contributed by atoms with van der Waals surface area (Å²) in [6, 6.07) is 8.32. The third-order valence-corrected chi connectivity index (χ3v) is 3.72. The van der Waals surface area contributed by atoms with Crippen LogP contribution in [0.4, 0.5) is 5.69 Å². The van der Waals surface area contributed by atoms with Crippen molar-refractivity contribution in [1.29, 1.82) is 0 Å². The molecule has 1 aliphatic heterocycles. The molecule has 0 saturated carbocycles. The van der Waals surface area contributed by atoms with Crippen LogP contribution in [0.3, 0.4) is 0 Å². The Morgan fingerprint density at radius 2 is 1.91 bits per heavy atom. The number of aromatic nitrogens is 2. The SMILES string of the molecule is O=C(Nc1cccc2nonc12)c1cc2c(cc1Cl)OCCO2. The summed E-state index contributed by atoms with van der Waals surface area (Å²) in [5, 5.41) is 10.5. The average molecular weight is 332 g/mol. The first-order chi connectivity index (χ1) is 11.2. The van der Waals surface area contributed by atoms with Gasteiger partial charge in [0, 0.05) is 6.07 Å². The normalized spacial score (nSPS) is 13.1. The summed E-state index contributed by atoms with van der Waals surface area (Å²) in [6.45, 7) is 0.885. The van der Waals surface area contributed by atoms with Crippen LogP contribution in [0.5, 0.6) is 11.5 Å². The zero-order valence-corrected chi connectivity index (χ0v) is 12.5. The number of ether oxygens (including phenoxy) is 2. The van der Waals surface area contributed by atoms with Gasteiger partial charge in [0.25, 0.3) is 5.91 Å². The summed E-state index contributed by atoms with van der Waals surface area (Å²) >= 11 is 6.18. The highest BCUT2D eigenvalue weighted by molar-refractivity contribution is 6.34. The van der Waals surface area contributed by atoms with Gasteiger partial charge in [0.05, 0.1) is 16.3 Å². The van der Waals surface area contributed by atoms with Crippen molar-refractivity contribution in [2.75, 3.05) is 18.5 Å². The van der Waals surface area contributed by atoms with Crippen LogP contribution in [0.2, 0.25) is 5.02 Å². The summed E-state index contributed by atoms with van der Waals surface area (Å²) in [7, 11) is 0. The molecule has 0 bridgehead atoms. The molecule has 7 nitrogen and oxygen atoms in total. The van der Waals surface area contributed by atoms with E-state index in [0.717, 1.165) is 0 Å². The van der Waals surface area contributed by atoms with E-state index in [9.17, 15) is 4.79 Å². The molecule has 0 fully saturated rings. The monoisotopic (exact) mass is 331 g/mol. The molecule has 0 atom stereocenters. The van der Waals surface area contributed by atoms with E-state index in [2.05, 4.69) is 20.3 Å². The number of rotatable bonds is 2. The summed E-state index contributed by atoms with van der Waals surface area (Å²) in [6.07, 6.45) is 0. The van der Waals surface area contributed by atoms with Gasteiger partial charge in [-0.3, -0.25) is 4.79 Å². The van der Waals surface area contributed by atoms with Gasteiger partial charge < -0.3 is 14.8 Å². The van der Waals surface area contributed by atoms with Crippen LogP contribution in [0.25, 0.3) is 11.0 Å². The van der Waals surface area contributed by atoms with Gasteiger partial charge in [-0.15, -0.1) is 0 Å². The molecule has 116 valence electrons. The Hall–Kier alpha value is -2.80. The molecule has 2 heterocycles. The molecule has 0 unspecified atom stereocenters. The molecule has 8 heteroatoms. The van der Waals surface area contributed by atoms with Crippen LogP contribution in [0, 0.1) is 0 Å². The number of hydrogen-bond donors (Lipinski definition) is 1. The maximum Gasteiger partial charge on any atom is 0.257 e. The number of hydrogen-bond acceptors (Lipinski definition) is 6. The minimum absolute atomic E-state index is 0.275. The Morgan fingerprint density at radius 3 is 2.74 bits per heavy atom. The molecule has 2 aromatic carbocycles. The maximum absolute atomic E-state index is 12.5. The van der Waals surface area contributed by atoms with Gasteiger partial charge >= 0.3 is 0 Å². The maximum atomic E-state index is 12.5. The van der Waals surface area contributed by atoms with E-state index in [-0.39, 0.29) is 16.5 Å². The van der Waals surface area contributed by atoms with Crippen LogP contribution in [0.15, 0.2) is 35.0 Å². The predicted octanol–water partition coefficient (Wildman–Crippen LogP) is 2.90. The van der Waals surface area contributed by atoms with Crippen LogP contribution in [-0.4, -0.2) is 29.4 Å². The molecular weight excluding hydrogens is 322 g/mol. The van der Waals surface area contributed by atoms with Gasteiger partial charge in [0.15, 0.2) is 17.0 Å². The fourth-order valence-corrected chi connectivity index (χ4v) is 2.57. The number of nitrogens with zero attached hydrogens (tertiary/aromatic N) is 2. The van der Waals surface area contributed by atoms with Crippen molar-refractivity contribution in [3.63, 3.8) is 0 Å². The van der Waals surface area contributed by atoms with Gasteiger partial charge in [0.1, 0.15) is 18.7 Å². The van der Waals surface area contributed by atoms with Gasteiger partial charge in [0.2, 0.25) is 0 Å². The van der Waals surface area contributed by atoms with Gasteiger partial charge in [-0.05, 0) is 28.5 Å². The van der Waals surface area contributed by atoms with E-state index in [0.29, 0.717) is 41.4 Å². The Bertz CT molecular complexity index is 909. The fraction of sp³-hybridized carbons (Fsp3) is 0.133. The topological polar surface area (TPSA) is 86.5 Å². The fourth-order valence-electron chi connectivity index (χ4n) is 2.33. The lowest BCUT2D eigenvalue weighted by Crippen LogP contribution is -2.17. The van der Waals surface area contributed by atoms with Crippen molar-refractivity contribution in [3.05, 3.63) is 40.9 Å². The predicted molar refractivity (Wildman–Crippen MR) is 82.2 cm³/mol. The standard InChI is InChI=1S/C15H10ClN3O4/c16-9-7-13-12(21-4-5-22-13)6-8(9)15(20)17-10-2-1-3-11-14(10)19-23-18-11/h1-3,6-7H,4-5H2,(H,17,20). The largest absolute Gasteiger partial charge is 0.486 e. The van der Waals surface area contributed by atoms with Crippen LogP contribution >= 0.6 is 11.6 Å². The first-order valence-corrected chi connectivity index (χ1v) is 7.22. The number of carbonyl (C=O) groups excluding carboxylic acids is 1. The van der Waals surface area contributed by atoms with Crippen molar-refractivity contribution < 1.29 is 18.9 Å². The molecule has 1 aliphatic rings. The molecule has 1 amide bonds. The first kappa shape index (κ1) is 13.8. The number of halogens is 1. The van der Waals surface area contributed by atoms with Crippen LogP contribution in [-0.2, 0) is 0 Å². The van der Waals surface area contributed by atoms with Crippen LogP contribution < -0.4 is 14.8 Å². The summed E-state index contributed by atoms with van der Waals surface area (Å²) in [4.78, 5) is 12.5.